The smallest absolute Gasteiger partial charge is 0.179 e. The van der Waals surface area contributed by atoms with Crippen LogP contribution in [0.4, 0.5) is 0 Å². The summed E-state index contributed by atoms with van der Waals surface area (Å²) in [5, 5.41) is 11.5. The maximum absolute atomic E-state index is 12.3. The lowest BCUT2D eigenvalue weighted by Crippen LogP contribution is -2.27. The van der Waals surface area contributed by atoms with Crippen LogP contribution >= 0.6 is 0 Å². The van der Waals surface area contributed by atoms with Crippen molar-refractivity contribution in [2.45, 2.75) is 18.2 Å². The van der Waals surface area contributed by atoms with Gasteiger partial charge in [0.05, 0.1) is 10.6 Å². The summed E-state index contributed by atoms with van der Waals surface area (Å²) >= 11 is 0. The van der Waals surface area contributed by atoms with Gasteiger partial charge in [0.2, 0.25) is 0 Å². The highest BCUT2D eigenvalue weighted by Crippen LogP contribution is 2.17. The van der Waals surface area contributed by atoms with Gasteiger partial charge in [0.1, 0.15) is 0 Å². The molecular formula is C14H21N3O3S. The van der Waals surface area contributed by atoms with Gasteiger partial charge in [-0.3, -0.25) is 0 Å². The van der Waals surface area contributed by atoms with Gasteiger partial charge in [-0.15, -0.1) is 0 Å². The lowest BCUT2D eigenvalue weighted by atomic mass is 10.2. The molecule has 1 aliphatic heterocycles. The zero-order valence-corrected chi connectivity index (χ0v) is 12.9. The Balaban J connectivity index is 2.02. The third kappa shape index (κ3) is 3.95. The van der Waals surface area contributed by atoms with Crippen LogP contribution in [0.2, 0.25) is 0 Å². The van der Waals surface area contributed by atoms with Crippen molar-refractivity contribution in [3.05, 3.63) is 29.8 Å². The molecule has 1 heterocycles. The van der Waals surface area contributed by atoms with E-state index in [-0.39, 0.29) is 16.5 Å². The molecule has 1 aromatic rings. The molecule has 1 unspecified atom stereocenters. The molecule has 1 aromatic carbocycles. The van der Waals surface area contributed by atoms with Crippen molar-refractivity contribution in [2.75, 3.05) is 25.4 Å². The van der Waals surface area contributed by atoms with E-state index in [0.717, 1.165) is 19.5 Å². The fraction of sp³-hybridized carbons (Fsp3) is 0.500. The van der Waals surface area contributed by atoms with Gasteiger partial charge in [0.25, 0.3) is 0 Å². The summed E-state index contributed by atoms with van der Waals surface area (Å²) < 4.78 is 24.6. The molecule has 7 heteroatoms. The van der Waals surface area contributed by atoms with Crippen LogP contribution in [0.25, 0.3) is 0 Å². The van der Waals surface area contributed by atoms with Crippen molar-refractivity contribution < 1.29 is 13.6 Å². The predicted octanol–water partition coefficient (Wildman–Crippen LogP) is 0.897. The summed E-state index contributed by atoms with van der Waals surface area (Å²) in [5.74, 6) is 0.723. The van der Waals surface area contributed by atoms with Crippen LogP contribution in [0, 0.1) is 5.92 Å². The third-order valence-corrected chi connectivity index (χ3v) is 5.51. The Hall–Kier alpha value is -1.60. The number of oxime groups is 1. The van der Waals surface area contributed by atoms with E-state index in [9.17, 15) is 8.42 Å². The maximum atomic E-state index is 12.3. The average molecular weight is 311 g/mol. The predicted molar refractivity (Wildman–Crippen MR) is 81.2 cm³/mol. The number of likely N-dealkylation sites (tertiary alicyclic amines) is 1. The number of hydrogen-bond donors (Lipinski definition) is 2. The molecule has 1 fully saturated rings. The Labute approximate surface area is 125 Å². The second-order valence-corrected chi connectivity index (χ2v) is 7.63. The third-order valence-electron chi connectivity index (χ3n) is 3.80. The Kier molecular flexibility index (Phi) is 4.84. The number of nitrogens with zero attached hydrogens (tertiary/aromatic N) is 2. The molecule has 116 valence electrons. The zero-order valence-electron chi connectivity index (χ0n) is 12.1. The summed E-state index contributed by atoms with van der Waals surface area (Å²) in [7, 11) is -3.30. The highest BCUT2D eigenvalue weighted by atomic mass is 32.2. The quantitative estimate of drug-likeness (QED) is 0.364. The number of hydrogen-bond acceptors (Lipinski definition) is 5. The van der Waals surface area contributed by atoms with Crippen molar-refractivity contribution in [3.8, 4) is 0 Å². The summed E-state index contributed by atoms with van der Waals surface area (Å²) in [6.45, 7) is 4.69. The van der Waals surface area contributed by atoms with Gasteiger partial charge in [-0.25, -0.2) is 8.42 Å². The molecule has 0 saturated carbocycles. The number of amidine groups is 1. The van der Waals surface area contributed by atoms with Crippen LogP contribution in [0.5, 0.6) is 0 Å². The average Bonchev–Trinajstić information content (AvgIpc) is 2.90. The summed E-state index contributed by atoms with van der Waals surface area (Å²) in [4.78, 5) is 2.46. The zero-order chi connectivity index (χ0) is 15.5. The Morgan fingerprint density at radius 3 is 2.62 bits per heavy atom. The van der Waals surface area contributed by atoms with Gasteiger partial charge in [-0.1, -0.05) is 12.1 Å². The van der Waals surface area contributed by atoms with Gasteiger partial charge in [-0.2, -0.15) is 0 Å². The van der Waals surface area contributed by atoms with E-state index in [1.54, 1.807) is 12.1 Å². The molecule has 0 radical (unpaired) electrons. The minimum atomic E-state index is -3.30. The second kappa shape index (κ2) is 6.44. The molecule has 1 atom stereocenters. The molecule has 6 nitrogen and oxygen atoms in total. The van der Waals surface area contributed by atoms with Gasteiger partial charge in [0, 0.05) is 18.7 Å². The van der Waals surface area contributed by atoms with Crippen molar-refractivity contribution >= 4 is 15.7 Å². The minimum Gasteiger partial charge on any atom is -0.409 e. The van der Waals surface area contributed by atoms with Gasteiger partial charge in [0.15, 0.2) is 15.7 Å². The van der Waals surface area contributed by atoms with Crippen LogP contribution in [-0.4, -0.2) is 49.7 Å². The monoisotopic (exact) mass is 311 g/mol. The number of sulfone groups is 1. The first kappa shape index (κ1) is 15.8. The molecule has 2 rings (SSSR count). The van der Waals surface area contributed by atoms with E-state index < -0.39 is 9.84 Å². The molecule has 0 aliphatic carbocycles. The molecule has 0 bridgehead atoms. The fourth-order valence-electron chi connectivity index (χ4n) is 2.49. The Bertz CT molecular complexity index is 611. The number of nitrogens with two attached hydrogens (primary N) is 1. The van der Waals surface area contributed by atoms with E-state index >= 15 is 0 Å². The van der Waals surface area contributed by atoms with Crippen LogP contribution in [-0.2, 0) is 9.84 Å². The first-order valence-corrected chi connectivity index (χ1v) is 8.60. The Morgan fingerprint density at radius 2 is 2.10 bits per heavy atom. The molecule has 3 N–H and O–H groups in total. The van der Waals surface area contributed by atoms with Crippen LogP contribution in [0.1, 0.15) is 18.9 Å². The molecule has 0 spiro atoms. The van der Waals surface area contributed by atoms with E-state index in [1.165, 1.54) is 12.1 Å². The molecule has 0 aromatic heterocycles. The largest absolute Gasteiger partial charge is 0.409 e. The first-order valence-electron chi connectivity index (χ1n) is 6.95. The maximum Gasteiger partial charge on any atom is 0.179 e. The van der Waals surface area contributed by atoms with E-state index in [4.69, 9.17) is 10.9 Å². The normalized spacial score (nSPS) is 20.8. The lowest BCUT2D eigenvalue weighted by Gasteiger charge is -2.15. The number of rotatable bonds is 5. The van der Waals surface area contributed by atoms with E-state index in [2.05, 4.69) is 17.0 Å². The molecule has 1 aliphatic rings. The highest BCUT2D eigenvalue weighted by Gasteiger charge is 2.21. The van der Waals surface area contributed by atoms with Gasteiger partial charge in [-0.05, 0) is 43.1 Å². The fourth-order valence-corrected chi connectivity index (χ4v) is 3.77. The minimum absolute atomic E-state index is 0.0370. The van der Waals surface area contributed by atoms with E-state index in [1.807, 2.05) is 0 Å². The van der Waals surface area contributed by atoms with Crippen molar-refractivity contribution in [1.82, 2.24) is 4.90 Å². The highest BCUT2D eigenvalue weighted by molar-refractivity contribution is 7.91. The molecule has 1 saturated heterocycles. The van der Waals surface area contributed by atoms with Crippen molar-refractivity contribution in [1.29, 1.82) is 0 Å². The topological polar surface area (TPSA) is 96.0 Å². The second-order valence-electron chi connectivity index (χ2n) is 5.52. The summed E-state index contributed by atoms with van der Waals surface area (Å²) in [6.07, 6.45) is 1.13. The Morgan fingerprint density at radius 1 is 1.43 bits per heavy atom. The molecule has 0 amide bonds. The standard InChI is InChI=1S/C14H21N3O3S/c1-11-6-7-17(10-11)8-9-21(19,20)13-4-2-12(3-5-13)14(15)16-18/h2-5,11,18H,6-10H2,1H3,(H2,15,16). The summed E-state index contributed by atoms with van der Waals surface area (Å²) in [5.41, 5.74) is 5.94. The summed E-state index contributed by atoms with van der Waals surface area (Å²) in [6, 6.07) is 6.07. The van der Waals surface area contributed by atoms with Gasteiger partial charge < -0.3 is 15.8 Å². The lowest BCUT2D eigenvalue weighted by molar-refractivity contribution is 0.318. The van der Waals surface area contributed by atoms with E-state index in [0.29, 0.717) is 18.0 Å². The van der Waals surface area contributed by atoms with Crippen molar-refractivity contribution in [3.63, 3.8) is 0 Å². The number of benzene rings is 1. The SMILES string of the molecule is CC1CCN(CCS(=O)(=O)c2ccc(/C(N)=N/O)cc2)C1. The van der Waals surface area contributed by atoms with Crippen molar-refractivity contribution in [2.24, 2.45) is 16.8 Å². The van der Waals surface area contributed by atoms with Gasteiger partial charge >= 0.3 is 0 Å². The molecule has 21 heavy (non-hydrogen) atoms. The van der Waals surface area contributed by atoms with Crippen LogP contribution < -0.4 is 5.73 Å². The van der Waals surface area contributed by atoms with Crippen LogP contribution in [0.15, 0.2) is 34.3 Å². The van der Waals surface area contributed by atoms with Crippen LogP contribution in [0.3, 0.4) is 0 Å². The molecular weight excluding hydrogens is 290 g/mol. The first-order chi connectivity index (χ1) is 9.92.